The molecule has 1 amide bonds. The highest BCUT2D eigenvalue weighted by molar-refractivity contribution is 6.32. The molecule has 0 aliphatic carbocycles. The van der Waals surface area contributed by atoms with E-state index in [0.717, 1.165) is 25.1 Å². The lowest BCUT2D eigenvalue weighted by Crippen LogP contribution is -2.35. The standard InChI is InChI=1S/C19H21ClFN5O/c1-11-4-3-5-26(10-11)19-22-9-13(20)18(24-19)23-15-6-12-7-17(27)25(2)16(12)8-14(15)21/h6,8-9,11H,3-5,7,10H2,1-2H3,(H,22,23,24). The first-order chi connectivity index (χ1) is 12.9. The lowest BCUT2D eigenvalue weighted by molar-refractivity contribution is -0.117. The van der Waals surface area contributed by atoms with Gasteiger partial charge in [0.15, 0.2) is 5.82 Å². The number of nitrogens with one attached hydrogen (secondary N) is 1. The molecule has 6 nitrogen and oxygen atoms in total. The van der Waals surface area contributed by atoms with Gasteiger partial charge >= 0.3 is 0 Å². The fourth-order valence-corrected chi connectivity index (χ4v) is 3.81. The number of hydrogen-bond donors (Lipinski definition) is 1. The molecule has 2 aliphatic heterocycles. The number of nitrogens with zero attached hydrogens (tertiary/aromatic N) is 4. The van der Waals surface area contributed by atoms with Crippen LogP contribution in [0.15, 0.2) is 18.3 Å². The Kier molecular flexibility index (Phi) is 4.63. The number of fused-ring (bicyclic) bond motifs is 1. The Labute approximate surface area is 162 Å². The van der Waals surface area contributed by atoms with Crippen molar-refractivity contribution in [3.05, 3.63) is 34.7 Å². The summed E-state index contributed by atoms with van der Waals surface area (Å²) in [5.41, 5.74) is 1.62. The van der Waals surface area contributed by atoms with Gasteiger partial charge in [-0.2, -0.15) is 4.98 Å². The highest BCUT2D eigenvalue weighted by Crippen LogP contribution is 2.34. The molecular formula is C19H21ClFN5O. The number of likely N-dealkylation sites (N-methyl/N-ethyl adjacent to an activating group) is 1. The second-order valence-electron chi connectivity index (χ2n) is 7.28. The molecule has 1 fully saturated rings. The summed E-state index contributed by atoms with van der Waals surface area (Å²) in [6.07, 6.45) is 4.09. The van der Waals surface area contributed by atoms with E-state index in [4.69, 9.17) is 11.6 Å². The molecule has 2 aromatic rings. The van der Waals surface area contributed by atoms with Gasteiger partial charge in [-0.1, -0.05) is 18.5 Å². The van der Waals surface area contributed by atoms with Crippen LogP contribution in [0.2, 0.25) is 5.02 Å². The van der Waals surface area contributed by atoms with Crippen LogP contribution in [-0.4, -0.2) is 36.0 Å². The van der Waals surface area contributed by atoms with Gasteiger partial charge in [0.05, 0.1) is 24.0 Å². The Morgan fingerprint density at radius 3 is 2.96 bits per heavy atom. The monoisotopic (exact) mass is 389 g/mol. The number of carbonyl (C=O) groups excluding carboxylic acids is 1. The second-order valence-corrected chi connectivity index (χ2v) is 7.68. The molecule has 142 valence electrons. The van der Waals surface area contributed by atoms with Gasteiger partial charge in [0.1, 0.15) is 10.8 Å². The molecule has 1 saturated heterocycles. The molecule has 0 bridgehead atoms. The highest BCUT2D eigenvalue weighted by atomic mass is 35.5. The van der Waals surface area contributed by atoms with Gasteiger partial charge in [0.2, 0.25) is 11.9 Å². The summed E-state index contributed by atoms with van der Waals surface area (Å²) in [5.74, 6) is 1.01. The normalized spacial score (nSPS) is 19.4. The van der Waals surface area contributed by atoms with Crippen molar-refractivity contribution in [2.24, 2.45) is 5.92 Å². The molecule has 1 N–H and O–H groups in total. The summed E-state index contributed by atoms with van der Waals surface area (Å²) < 4.78 is 14.6. The van der Waals surface area contributed by atoms with Crippen molar-refractivity contribution >= 4 is 40.6 Å². The summed E-state index contributed by atoms with van der Waals surface area (Å²) in [6, 6.07) is 3.01. The van der Waals surface area contributed by atoms with Crippen molar-refractivity contribution in [2.75, 3.05) is 35.3 Å². The lowest BCUT2D eigenvalue weighted by Gasteiger charge is -2.31. The third kappa shape index (κ3) is 3.43. The Hall–Kier alpha value is -2.41. The predicted molar refractivity (Wildman–Crippen MR) is 104 cm³/mol. The molecule has 4 rings (SSSR count). The predicted octanol–water partition coefficient (Wildman–Crippen LogP) is 3.77. The van der Waals surface area contributed by atoms with E-state index in [1.807, 2.05) is 0 Å². The molecule has 1 atom stereocenters. The van der Waals surface area contributed by atoms with Gasteiger partial charge in [-0.05, 0) is 30.4 Å². The summed E-state index contributed by atoms with van der Waals surface area (Å²) in [4.78, 5) is 24.3. The molecule has 0 saturated carbocycles. The third-order valence-corrected chi connectivity index (χ3v) is 5.45. The van der Waals surface area contributed by atoms with E-state index in [1.165, 1.54) is 23.6 Å². The van der Waals surface area contributed by atoms with Crippen molar-refractivity contribution in [3.8, 4) is 0 Å². The maximum atomic E-state index is 14.6. The maximum absolute atomic E-state index is 14.6. The zero-order chi connectivity index (χ0) is 19.1. The zero-order valence-electron chi connectivity index (χ0n) is 15.3. The number of anilines is 4. The number of aromatic nitrogens is 2. The van der Waals surface area contributed by atoms with E-state index in [9.17, 15) is 9.18 Å². The van der Waals surface area contributed by atoms with Crippen molar-refractivity contribution < 1.29 is 9.18 Å². The van der Waals surface area contributed by atoms with Crippen LogP contribution in [0.4, 0.5) is 27.5 Å². The number of carbonyl (C=O) groups is 1. The smallest absolute Gasteiger partial charge is 0.231 e. The van der Waals surface area contributed by atoms with Crippen LogP contribution >= 0.6 is 11.6 Å². The van der Waals surface area contributed by atoms with Gasteiger partial charge in [0, 0.05) is 26.2 Å². The van der Waals surface area contributed by atoms with Crippen LogP contribution in [0.25, 0.3) is 0 Å². The number of benzene rings is 1. The Morgan fingerprint density at radius 1 is 1.37 bits per heavy atom. The molecule has 1 unspecified atom stereocenters. The summed E-state index contributed by atoms with van der Waals surface area (Å²) in [7, 11) is 1.65. The van der Waals surface area contributed by atoms with E-state index < -0.39 is 5.82 Å². The Morgan fingerprint density at radius 2 is 2.19 bits per heavy atom. The molecule has 0 spiro atoms. The Bertz CT molecular complexity index is 906. The topological polar surface area (TPSA) is 61.4 Å². The van der Waals surface area contributed by atoms with E-state index in [0.29, 0.717) is 28.4 Å². The molecule has 1 aromatic carbocycles. The van der Waals surface area contributed by atoms with Gasteiger partial charge in [-0.15, -0.1) is 0 Å². The van der Waals surface area contributed by atoms with Crippen LogP contribution in [0.5, 0.6) is 0 Å². The van der Waals surface area contributed by atoms with Crippen LogP contribution in [0, 0.1) is 11.7 Å². The minimum absolute atomic E-state index is 0.0527. The van der Waals surface area contributed by atoms with Crippen LogP contribution in [0.1, 0.15) is 25.3 Å². The summed E-state index contributed by atoms with van der Waals surface area (Å²) in [5, 5.41) is 3.29. The number of hydrogen-bond acceptors (Lipinski definition) is 5. The van der Waals surface area contributed by atoms with Gasteiger partial charge in [0.25, 0.3) is 0 Å². The van der Waals surface area contributed by atoms with Crippen LogP contribution in [0.3, 0.4) is 0 Å². The number of amides is 1. The van der Waals surface area contributed by atoms with Crippen LogP contribution in [-0.2, 0) is 11.2 Å². The lowest BCUT2D eigenvalue weighted by atomic mass is 10.0. The molecule has 3 heterocycles. The van der Waals surface area contributed by atoms with Crippen molar-refractivity contribution in [1.82, 2.24) is 9.97 Å². The van der Waals surface area contributed by atoms with Crippen molar-refractivity contribution in [3.63, 3.8) is 0 Å². The average molecular weight is 390 g/mol. The van der Waals surface area contributed by atoms with Crippen LogP contribution < -0.4 is 15.1 Å². The van der Waals surface area contributed by atoms with Crippen molar-refractivity contribution in [1.29, 1.82) is 0 Å². The van der Waals surface area contributed by atoms with Gasteiger partial charge < -0.3 is 15.1 Å². The molecule has 27 heavy (non-hydrogen) atoms. The molecular weight excluding hydrogens is 369 g/mol. The third-order valence-electron chi connectivity index (χ3n) is 5.17. The first kappa shape index (κ1) is 18.0. The maximum Gasteiger partial charge on any atom is 0.231 e. The van der Waals surface area contributed by atoms with E-state index in [-0.39, 0.29) is 18.0 Å². The fourth-order valence-electron chi connectivity index (χ4n) is 3.67. The average Bonchev–Trinajstić information content (AvgIpc) is 2.91. The first-order valence-electron chi connectivity index (χ1n) is 9.06. The Balaban J connectivity index is 1.62. The fraction of sp³-hybridized carbons (Fsp3) is 0.421. The van der Waals surface area contributed by atoms with Crippen molar-refractivity contribution in [2.45, 2.75) is 26.2 Å². The van der Waals surface area contributed by atoms with Gasteiger partial charge in [-0.25, -0.2) is 9.37 Å². The molecule has 2 aliphatic rings. The number of halogens is 2. The SMILES string of the molecule is CC1CCCN(c2ncc(Cl)c(Nc3cc4c(cc3F)N(C)C(=O)C4)n2)C1. The zero-order valence-corrected chi connectivity index (χ0v) is 16.1. The minimum Gasteiger partial charge on any atom is -0.341 e. The molecule has 1 aromatic heterocycles. The van der Waals surface area contributed by atoms with E-state index in [1.54, 1.807) is 13.1 Å². The number of piperidine rings is 1. The highest BCUT2D eigenvalue weighted by Gasteiger charge is 2.26. The first-order valence-corrected chi connectivity index (χ1v) is 9.43. The van der Waals surface area contributed by atoms with E-state index in [2.05, 4.69) is 27.1 Å². The minimum atomic E-state index is -0.460. The molecule has 0 radical (unpaired) electrons. The molecule has 8 heteroatoms. The quantitative estimate of drug-likeness (QED) is 0.865. The number of rotatable bonds is 3. The summed E-state index contributed by atoms with van der Waals surface area (Å²) in [6.45, 7) is 4.00. The largest absolute Gasteiger partial charge is 0.341 e. The van der Waals surface area contributed by atoms with Gasteiger partial charge in [-0.3, -0.25) is 4.79 Å². The second kappa shape index (κ2) is 6.96. The summed E-state index contributed by atoms with van der Waals surface area (Å²) >= 11 is 6.24. The van der Waals surface area contributed by atoms with E-state index >= 15 is 0 Å².